The van der Waals surface area contributed by atoms with Crippen LogP contribution in [0.4, 0.5) is 0 Å². The number of fused-ring (bicyclic) bond motifs is 1. The number of aromatic nitrogens is 2. The number of hydrogen-bond donors (Lipinski definition) is 0. The van der Waals surface area contributed by atoms with Crippen LogP contribution in [-0.2, 0) is 5.41 Å². The molecule has 0 aliphatic rings. The van der Waals surface area contributed by atoms with Gasteiger partial charge < -0.3 is 9.47 Å². The van der Waals surface area contributed by atoms with E-state index in [0.717, 1.165) is 4.47 Å². The second kappa shape index (κ2) is 9.01. The fourth-order valence-electron chi connectivity index (χ4n) is 3.03. The van der Waals surface area contributed by atoms with Crippen LogP contribution < -0.4 is 15.0 Å². The first-order valence-electron chi connectivity index (χ1n) is 9.82. The van der Waals surface area contributed by atoms with E-state index < -0.39 is 5.41 Å². The normalized spacial score (nSPS) is 12.2. The van der Waals surface area contributed by atoms with Crippen molar-refractivity contribution in [2.45, 2.75) is 46.1 Å². The van der Waals surface area contributed by atoms with Gasteiger partial charge in [-0.1, -0.05) is 48.3 Å². The molecule has 2 aromatic carbocycles. The van der Waals surface area contributed by atoms with Crippen molar-refractivity contribution in [1.82, 2.24) is 9.66 Å². The molecule has 6 nitrogen and oxygen atoms in total. The first-order chi connectivity index (χ1) is 14.5. The van der Waals surface area contributed by atoms with Crippen molar-refractivity contribution in [3.63, 3.8) is 0 Å². The summed E-state index contributed by atoms with van der Waals surface area (Å²) in [5, 5.41) is 5.36. The highest BCUT2D eigenvalue weighted by molar-refractivity contribution is 9.10. The van der Waals surface area contributed by atoms with Crippen LogP contribution in [0.3, 0.4) is 0 Å². The van der Waals surface area contributed by atoms with Gasteiger partial charge in [-0.25, -0.2) is 4.98 Å². The second-order valence-corrected chi connectivity index (χ2v) is 9.73. The minimum atomic E-state index is -0.401. The van der Waals surface area contributed by atoms with E-state index in [9.17, 15) is 4.79 Å². The molecule has 0 amide bonds. The summed E-state index contributed by atoms with van der Waals surface area (Å²) in [7, 11) is 1.55. The number of benzene rings is 2. The predicted molar refractivity (Wildman–Crippen MR) is 129 cm³/mol. The Balaban J connectivity index is 2.16. The highest BCUT2D eigenvalue weighted by Gasteiger charge is 2.23. The molecule has 0 radical (unpaired) electrons. The Hall–Kier alpha value is -2.38. The van der Waals surface area contributed by atoms with E-state index in [1.54, 1.807) is 31.5 Å². The predicted octanol–water partition coefficient (Wildman–Crippen LogP) is 5.79. The average molecular weight is 507 g/mol. The van der Waals surface area contributed by atoms with Gasteiger partial charge in [0.15, 0.2) is 11.5 Å². The van der Waals surface area contributed by atoms with Gasteiger partial charge in [0, 0.05) is 9.89 Å². The van der Waals surface area contributed by atoms with Crippen LogP contribution >= 0.6 is 27.5 Å². The van der Waals surface area contributed by atoms with Crippen LogP contribution in [0, 0.1) is 0 Å². The van der Waals surface area contributed by atoms with E-state index in [4.69, 9.17) is 26.1 Å². The maximum absolute atomic E-state index is 13.3. The molecule has 31 heavy (non-hydrogen) atoms. The zero-order valence-electron chi connectivity index (χ0n) is 18.4. The first-order valence-corrected chi connectivity index (χ1v) is 11.0. The summed E-state index contributed by atoms with van der Waals surface area (Å²) in [5.74, 6) is 1.52. The standard InChI is InChI=1S/C23H25BrClN3O3/c1-13(2)31-20-17(25)9-14(10-19(20)30-6)12-26-28-21(29)16-11-15(24)7-8-18(16)27-22(28)23(3,4)5/h7-13H,1-6H3. The number of halogens is 2. The molecule has 1 heterocycles. The second-order valence-electron chi connectivity index (χ2n) is 8.41. The lowest BCUT2D eigenvalue weighted by atomic mass is 9.95. The fourth-order valence-corrected chi connectivity index (χ4v) is 3.65. The molecule has 0 fully saturated rings. The van der Waals surface area contributed by atoms with E-state index in [-0.39, 0.29) is 11.7 Å². The molecule has 0 saturated carbocycles. The minimum Gasteiger partial charge on any atom is -0.493 e. The Bertz CT molecular complexity index is 1210. The zero-order valence-corrected chi connectivity index (χ0v) is 20.7. The Morgan fingerprint density at radius 1 is 1.23 bits per heavy atom. The molecular formula is C23H25BrClN3O3. The van der Waals surface area contributed by atoms with Crippen LogP contribution in [0.2, 0.25) is 5.02 Å². The molecule has 1 aromatic heterocycles. The number of ether oxygens (including phenoxy) is 2. The number of rotatable bonds is 5. The molecule has 0 atom stereocenters. The number of hydrogen-bond acceptors (Lipinski definition) is 5. The topological polar surface area (TPSA) is 65.7 Å². The lowest BCUT2D eigenvalue weighted by Gasteiger charge is -2.21. The zero-order chi connectivity index (χ0) is 22.9. The Labute approximate surface area is 195 Å². The maximum Gasteiger partial charge on any atom is 0.282 e. The average Bonchev–Trinajstić information content (AvgIpc) is 2.68. The first kappa shape index (κ1) is 23.3. The molecule has 0 aliphatic heterocycles. The van der Waals surface area contributed by atoms with Gasteiger partial charge in [0.2, 0.25) is 0 Å². The highest BCUT2D eigenvalue weighted by Crippen LogP contribution is 2.36. The summed E-state index contributed by atoms with van der Waals surface area (Å²) in [6.07, 6.45) is 1.51. The molecule has 3 rings (SSSR count). The molecule has 0 N–H and O–H groups in total. The maximum atomic E-state index is 13.3. The third kappa shape index (κ3) is 5.10. The van der Waals surface area contributed by atoms with E-state index >= 15 is 0 Å². The summed E-state index contributed by atoms with van der Waals surface area (Å²) in [6, 6.07) is 8.92. The summed E-state index contributed by atoms with van der Waals surface area (Å²) in [4.78, 5) is 18.0. The van der Waals surface area contributed by atoms with Crippen molar-refractivity contribution < 1.29 is 9.47 Å². The van der Waals surface area contributed by atoms with Gasteiger partial charge in [-0.05, 0) is 49.7 Å². The van der Waals surface area contributed by atoms with E-state index in [0.29, 0.717) is 38.8 Å². The van der Waals surface area contributed by atoms with Crippen LogP contribution in [0.15, 0.2) is 44.7 Å². The number of nitrogens with zero attached hydrogens (tertiary/aromatic N) is 3. The van der Waals surface area contributed by atoms with Crippen molar-refractivity contribution in [3.05, 3.63) is 61.6 Å². The summed E-state index contributed by atoms with van der Waals surface area (Å²) < 4.78 is 13.3. The van der Waals surface area contributed by atoms with Crippen molar-refractivity contribution >= 4 is 44.6 Å². The summed E-state index contributed by atoms with van der Waals surface area (Å²) >= 11 is 9.83. The van der Waals surface area contributed by atoms with Gasteiger partial charge >= 0.3 is 0 Å². The van der Waals surface area contributed by atoms with Crippen molar-refractivity contribution in [2.75, 3.05) is 7.11 Å². The third-order valence-corrected chi connectivity index (χ3v) is 5.18. The molecule has 0 bridgehead atoms. The lowest BCUT2D eigenvalue weighted by Crippen LogP contribution is -2.29. The largest absolute Gasteiger partial charge is 0.493 e. The molecule has 0 aliphatic carbocycles. The fraction of sp³-hybridized carbons (Fsp3) is 0.348. The Morgan fingerprint density at radius 2 is 1.94 bits per heavy atom. The van der Waals surface area contributed by atoms with Crippen molar-refractivity contribution in [2.24, 2.45) is 5.10 Å². The van der Waals surface area contributed by atoms with Crippen molar-refractivity contribution in [1.29, 1.82) is 0 Å². The third-order valence-electron chi connectivity index (χ3n) is 4.41. The monoisotopic (exact) mass is 505 g/mol. The molecule has 0 spiro atoms. The van der Waals surface area contributed by atoms with Gasteiger partial charge in [-0.2, -0.15) is 9.78 Å². The molecule has 164 valence electrons. The molecule has 3 aromatic rings. The quantitative estimate of drug-likeness (QED) is 0.411. The van der Waals surface area contributed by atoms with Crippen LogP contribution in [-0.4, -0.2) is 29.1 Å². The smallest absolute Gasteiger partial charge is 0.282 e. The van der Waals surface area contributed by atoms with E-state index in [2.05, 4.69) is 21.0 Å². The summed E-state index contributed by atoms with van der Waals surface area (Å²) in [5.41, 5.74) is 0.649. The minimum absolute atomic E-state index is 0.0539. The van der Waals surface area contributed by atoms with Gasteiger partial charge in [0.1, 0.15) is 5.82 Å². The van der Waals surface area contributed by atoms with Gasteiger partial charge in [0.05, 0.1) is 35.4 Å². The van der Waals surface area contributed by atoms with E-state index in [1.165, 1.54) is 4.68 Å². The van der Waals surface area contributed by atoms with E-state index in [1.807, 2.05) is 46.8 Å². The van der Waals surface area contributed by atoms with Crippen LogP contribution in [0.25, 0.3) is 10.9 Å². The summed E-state index contributed by atoms with van der Waals surface area (Å²) in [6.45, 7) is 9.80. The Morgan fingerprint density at radius 3 is 2.55 bits per heavy atom. The van der Waals surface area contributed by atoms with Gasteiger partial charge in [-0.15, -0.1) is 0 Å². The molecule has 0 unspecified atom stereocenters. The Kier molecular flexibility index (Phi) is 6.76. The number of methoxy groups -OCH3 is 1. The van der Waals surface area contributed by atoms with Gasteiger partial charge in [0.25, 0.3) is 5.56 Å². The molecular weight excluding hydrogens is 482 g/mol. The van der Waals surface area contributed by atoms with Gasteiger partial charge in [-0.3, -0.25) is 4.79 Å². The van der Waals surface area contributed by atoms with Crippen LogP contribution in [0.1, 0.15) is 46.0 Å². The highest BCUT2D eigenvalue weighted by atomic mass is 79.9. The van der Waals surface area contributed by atoms with Crippen molar-refractivity contribution in [3.8, 4) is 11.5 Å². The lowest BCUT2D eigenvalue weighted by molar-refractivity contribution is 0.230. The molecule has 0 saturated heterocycles. The SMILES string of the molecule is COc1cc(C=Nn2c(C(C)(C)C)nc3ccc(Br)cc3c2=O)cc(Cl)c1OC(C)C. The van der Waals surface area contributed by atoms with Crippen LogP contribution in [0.5, 0.6) is 11.5 Å². The molecule has 8 heteroatoms.